The molecule has 0 aliphatic heterocycles. The van der Waals surface area contributed by atoms with Gasteiger partial charge in [-0.2, -0.15) is 0 Å². The van der Waals surface area contributed by atoms with E-state index in [4.69, 9.17) is 11.5 Å². The summed E-state index contributed by atoms with van der Waals surface area (Å²) in [4.78, 5) is 20.4. The van der Waals surface area contributed by atoms with Crippen LogP contribution in [0.15, 0.2) is 0 Å². The quantitative estimate of drug-likeness (QED) is 0.417. The van der Waals surface area contributed by atoms with E-state index in [1.165, 1.54) is 0 Å². The van der Waals surface area contributed by atoms with Crippen molar-refractivity contribution < 1.29 is 9.59 Å². The van der Waals surface area contributed by atoms with Crippen molar-refractivity contribution in [1.82, 2.24) is 0 Å². The second-order valence-electron chi connectivity index (χ2n) is 2.81. The van der Waals surface area contributed by atoms with Crippen LogP contribution in [0.5, 0.6) is 0 Å². The van der Waals surface area contributed by atoms with Crippen molar-refractivity contribution in [2.24, 2.45) is 11.5 Å². The molecule has 0 aromatic rings. The van der Waals surface area contributed by atoms with Gasteiger partial charge in [0.25, 0.3) is 0 Å². The first kappa shape index (κ1) is 11.1. The van der Waals surface area contributed by atoms with Crippen LogP contribution in [0.25, 0.3) is 0 Å². The van der Waals surface area contributed by atoms with Gasteiger partial charge in [0.05, 0.1) is 6.04 Å². The van der Waals surface area contributed by atoms with Crippen LogP contribution < -0.4 is 11.5 Å². The fourth-order valence-electron chi connectivity index (χ4n) is 0.911. The van der Waals surface area contributed by atoms with Crippen molar-refractivity contribution in [2.75, 3.05) is 0 Å². The Balaban J connectivity index is 3.19. The van der Waals surface area contributed by atoms with Gasteiger partial charge in [0.15, 0.2) is 0 Å². The average molecular weight is 172 g/mol. The number of rotatable bonds is 7. The lowest BCUT2D eigenvalue weighted by atomic mass is 10.1. The van der Waals surface area contributed by atoms with Gasteiger partial charge in [0.2, 0.25) is 5.91 Å². The molecule has 0 bridgehead atoms. The van der Waals surface area contributed by atoms with E-state index in [9.17, 15) is 9.59 Å². The molecule has 12 heavy (non-hydrogen) atoms. The summed E-state index contributed by atoms with van der Waals surface area (Å²) in [7, 11) is 0. The van der Waals surface area contributed by atoms with E-state index >= 15 is 0 Å². The largest absolute Gasteiger partial charge is 0.368 e. The Bertz CT molecular complexity index is 148. The first-order valence-electron chi connectivity index (χ1n) is 4.17. The molecular weight excluding hydrogens is 156 g/mol. The summed E-state index contributed by atoms with van der Waals surface area (Å²) in [6, 6.07) is -0.527. The summed E-state index contributed by atoms with van der Waals surface area (Å²) in [5.41, 5.74) is 10.3. The zero-order valence-corrected chi connectivity index (χ0v) is 7.16. The number of carbonyl (C=O) groups is 2. The van der Waals surface area contributed by atoms with Crippen LogP contribution in [0.3, 0.4) is 0 Å². The van der Waals surface area contributed by atoms with Gasteiger partial charge < -0.3 is 16.3 Å². The maximum absolute atomic E-state index is 10.5. The van der Waals surface area contributed by atoms with Crippen LogP contribution in [0.4, 0.5) is 0 Å². The van der Waals surface area contributed by atoms with Crippen LogP contribution in [0.2, 0.25) is 0 Å². The Morgan fingerprint density at radius 1 is 1.33 bits per heavy atom. The highest BCUT2D eigenvalue weighted by Gasteiger charge is 2.07. The van der Waals surface area contributed by atoms with E-state index in [1.807, 2.05) is 0 Å². The zero-order valence-electron chi connectivity index (χ0n) is 7.16. The molecule has 0 aliphatic rings. The predicted molar refractivity (Wildman–Crippen MR) is 46.3 cm³/mol. The first-order chi connectivity index (χ1) is 5.68. The van der Waals surface area contributed by atoms with Gasteiger partial charge in [-0.1, -0.05) is 12.8 Å². The van der Waals surface area contributed by atoms with Gasteiger partial charge in [-0.3, -0.25) is 4.79 Å². The number of unbranched alkanes of at least 4 members (excludes halogenated alkanes) is 3. The van der Waals surface area contributed by atoms with Crippen LogP contribution in [-0.2, 0) is 9.59 Å². The molecule has 70 valence electrons. The van der Waals surface area contributed by atoms with E-state index in [-0.39, 0.29) is 0 Å². The van der Waals surface area contributed by atoms with Crippen molar-refractivity contribution in [1.29, 1.82) is 0 Å². The summed E-state index contributed by atoms with van der Waals surface area (Å²) in [5, 5.41) is 0. The SMILES string of the molecule is NC(=O)C(N)CCCCCC=O. The molecule has 4 heteroatoms. The third-order valence-corrected chi connectivity index (χ3v) is 1.70. The molecule has 0 radical (unpaired) electrons. The predicted octanol–water partition coefficient (Wildman–Crippen LogP) is -0.0516. The Kier molecular flexibility index (Phi) is 6.28. The van der Waals surface area contributed by atoms with Crippen LogP contribution in [0.1, 0.15) is 32.1 Å². The molecule has 0 aliphatic carbocycles. The van der Waals surface area contributed by atoms with E-state index in [2.05, 4.69) is 0 Å². The molecule has 0 saturated heterocycles. The molecule has 0 heterocycles. The number of hydrogen-bond donors (Lipinski definition) is 2. The first-order valence-corrected chi connectivity index (χ1v) is 4.17. The molecule has 1 unspecified atom stereocenters. The Hall–Kier alpha value is -0.900. The number of carbonyl (C=O) groups excluding carboxylic acids is 2. The molecule has 0 rings (SSSR count). The molecule has 0 aromatic carbocycles. The summed E-state index contributed by atoms with van der Waals surface area (Å²) in [6.45, 7) is 0. The van der Waals surface area contributed by atoms with Crippen molar-refractivity contribution in [3.8, 4) is 0 Å². The van der Waals surface area contributed by atoms with Gasteiger partial charge in [-0.15, -0.1) is 0 Å². The number of aldehydes is 1. The van der Waals surface area contributed by atoms with Gasteiger partial charge in [-0.05, 0) is 12.8 Å². The van der Waals surface area contributed by atoms with Crippen molar-refractivity contribution in [3.05, 3.63) is 0 Å². The molecule has 0 spiro atoms. The normalized spacial score (nSPS) is 12.4. The van der Waals surface area contributed by atoms with E-state index in [0.29, 0.717) is 12.8 Å². The summed E-state index contributed by atoms with van der Waals surface area (Å²) in [6.07, 6.45) is 4.76. The van der Waals surface area contributed by atoms with Crippen molar-refractivity contribution in [2.45, 2.75) is 38.1 Å². The van der Waals surface area contributed by atoms with Crippen molar-refractivity contribution in [3.63, 3.8) is 0 Å². The lowest BCUT2D eigenvalue weighted by molar-refractivity contribution is -0.119. The topological polar surface area (TPSA) is 86.2 Å². The highest BCUT2D eigenvalue weighted by Crippen LogP contribution is 2.03. The molecule has 0 aromatic heterocycles. The standard InChI is InChI=1S/C8H16N2O2/c9-7(8(10)12)5-3-1-2-4-6-11/h6-7H,1-5,9H2,(H2,10,12). The third kappa shape index (κ3) is 5.85. The lowest BCUT2D eigenvalue weighted by Gasteiger charge is -2.05. The smallest absolute Gasteiger partial charge is 0.234 e. The molecule has 1 amide bonds. The average Bonchev–Trinajstić information content (AvgIpc) is 2.03. The van der Waals surface area contributed by atoms with Crippen LogP contribution in [0, 0.1) is 0 Å². The Morgan fingerprint density at radius 2 is 2.00 bits per heavy atom. The minimum absolute atomic E-state index is 0.453. The fourth-order valence-corrected chi connectivity index (χ4v) is 0.911. The zero-order chi connectivity index (χ0) is 9.40. The summed E-state index contributed by atoms with van der Waals surface area (Å²) >= 11 is 0. The Labute approximate surface area is 72.3 Å². The second kappa shape index (κ2) is 6.79. The second-order valence-corrected chi connectivity index (χ2v) is 2.81. The minimum Gasteiger partial charge on any atom is -0.368 e. The number of amides is 1. The van der Waals surface area contributed by atoms with Crippen LogP contribution in [-0.4, -0.2) is 18.2 Å². The molecular formula is C8H16N2O2. The molecule has 0 fully saturated rings. The highest BCUT2D eigenvalue weighted by atomic mass is 16.1. The van der Waals surface area contributed by atoms with E-state index in [1.54, 1.807) is 0 Å². The number of primary amides is 1. The minimum atomic E-state index is -0.527. The highest BCUT2D eigenvalue weighted by molar-refractivity contribution is 5.79. The molecule has 1 atom stereocenters. The monoisotopic (exact) mass is 172 g/mol. The van der Waals surface area contributed by atoms with Gasteiger partial charge in [-0.25, -0.2) is 0 Å². The fraction of sp³-hybridized carbons (Fsp3) is 0.750. The van der Waals surface area contributed by atoms with E-state index in [0.717, 1.165) is 25.5 Å². The van der Waals surface area contributed by atoms with Gasteiger partial charge >= 0.3 is 0 Å². The number of nitrogens with two attached hydrogens (primary N) is 2. The summed E-state index contributed by atoms with van der Waals surface area (Å²) in [5.74, 6) is -0.453. The van der Waals surface area contributed by atoms with Crippen molar-refractivity contribution >= 4 is 12.2 Å². The maximum atomic E-state index is 10.5. The maximum Gasteiger partial charge on any atom is 0.234 e. The molecule has 4 N–H and O–H groups in total. The Morgan fingerprint density at radius 3 is 2.50 bits per heavy atom. The summed E-state index contributed by atoms with van der Waals surface area (Å²) < 4.78 is 0. The molecule has 4 nitrogen and oxygen atoms in total. The van der Waals surface area contributed by atoms with E-state index < -0.39 is 11.9 Å². The lowest BCUT2D eigenvalue weighted by Crippen LogP contribution is -2.36. The van der Waals surface area contributed by atoms with Gasteiger partial charge in [0, 0.05) is 6.42 Å². The van der Waals surface area contributed by atoms with Gasteiger partial charge in [0.1, 0.15) is 6.29 Å². The van der Waals surface area contributed by atoms with Crippen LogP contribution >= 0.6 is 0 Å². The number of hydrogen-bond acceptors (Lipinski definition) is 3. The third-order valence-electron chi connectivity index (χ3n) is 1.70. The molecule has 0 saturated carbocycles.